The molecule has 240 valence electrons. The zero-order valence-corrected chi connectivity index (χ0v) is 28.0. The first-order chi connectivity index (χ1) is 25.2. The number of benzene rings is 7. The van der Waals surface area contributed by atoms with E-state index in [0.717, 1.165) is 27.9 Å². The Kier molecular flexibility index (Phi) is 6.58. The summed E-state index contributed by atoms with van der Waals surface area (Å²) in [6, 6.07) is 62.6. The van der Waals surface area contributed by atoms with Gasteiger partial charge in [0.2, 0.25) is 0 Å². The molecule has 2 aliphatic rings. The van der Waals surface area contributed by atoms with Crippen molar-refractivity contribution in [2.24, 2.45) is 0 Å². The molecule has 0 unspecified atom stereocenters. The topological polar surface area (TPSA) is 41.9 Å². The van der Waals surface area contributed by atoms with E-state index in [1.54, 1.807) is 0 Å². The van der Waals surface area contributed by atoms with Crippen molar-refractivity contribution < 1.29 is 0 Å². The number of aryl methyl sites for hydroxylation is 1. The number of rotatable bonds is 4. The highest BCUT2D eigenvalue weighted by atomic mass is 15.2. The van der Waals surface area contributed by atoms with E-state index in [-0.39, 0.29) is 0 Å². The molecule has 0 saturated carbocycles. The molecule has 1 spiro atoms. The van der Waals surface area contributed by atoms with Crippen LogP contribution in [0.5, 0.6) is 0 Å². The maximum atomic E-state index is 5.01. The van der Waals surface area contributed by atoms with Crippen LogP contribution in [0.2, 0.25) is 0 Å². The second-order valence-electron chi connectivity index (χ2n) is 13.3. The monoisotopic (exact) mass is 652 g/mol. The lowest BCUT2D eigenvalue weighted by Crippen LogP contribution is -2.36. The number of fused-ring (bicyclic) bond motifs is 9. The molecule has 10 rings (SSSR count). The van der Waals surface area contributed by atoms with Crippen LogP contribution in [-0.4, -0.2) is 15.0 Å². The summed E-state index contributed by atoms with van der Waals surface area (Å²) in [6.07, 6.45) is 0. The molecule has 51 heavy (non-hydrogen) atoms. The van der Waals surface area contributed by atoms with Crippen molar-refractivity contribution in [3.63, 3.8) is 0 Å². The van der Waals surface area contributed by atoms with Gasteiger partial charge in [-0.25, -0.2) is 15.0 Å². The van der Waals surface area contributed by atoms with Crippen LogP contribution in [0.25, 0.3) is 45.3 Å². The van der Waals surface area contributed by atoms with Gasteiger partial charge < -0.3 is 4.90 Å². The van der Waals surface area contributed by atoms with Gasteiger partial charge >= 0.3 is 0 Å². The van der Waals surface area contributed by atoms with E-state index in [0.29, 0.717) is 17.5 Å². The van der Waals surface area contributed by atoms with Crippen LogP contribution >= 0.6 is 0 Å². The molecule has 1 aliphatic carbocycles. The maximum absolute atomic E-state index is 5.01. The highest BCUT2D eigenvalue weighted by Crippen LogP contribution is 2.63. The fraction of sp³-hybridized carbons (Fsp3) is 0.0426. The normalized spacial score (nSPS) is 13.3. The predicted molar refractivity (Wildman–Crippen MR) is 206 cm³/mol. The van der Waals surface area contributed by atoms with Crippen LogP contribution in [0, 0.1) is 6.92 Å². The van der Waals surface area contributed by atoms with Crippen LogP contribution in [0.15, 0.2) is 176 Å². The summed E-state index contributed by atoms with van der Waals surface area (Å²) in [6.45, 7) is 2.19. The number of aromatic nitrogens is 3. The van der Waals surface area contributed by atoms with Gasteiger partial charge in [-0.2, -0.15) is 0 Å². The lowest BCUT2D eigenvalue weighted by molar-refractivity contribution is 0.752. The maximum Gasteiger partial charge on any atom is 0.164 e. The quantitative estimate of drug-likeness (QED) is 0.190. The molecule has 4 heteroatoms. The Morgan fingerprint density at radius 3 is 1.27 bits per heavy atom. The van der Waals surface area contributed by atoms with Gasteiger partial charge in [0.25, 0.3) is 0 Å². The van der Waals surface area contributed by atoms with Gasteiger partial charge in [0.15, 0.2) is 17.5 Å². The third-order valence-electron chi connectivity index (χ3n) is 10.4. The number of hydrogen-bond donors (Lipinski definition) is 0. The molecule has 2 heterocycles. The van der Waals surface area contributed by atoms with E-state index in [1.165, 1.54) is 44.8 Å². The molecule has 0 radical (unpaired) electrons. The third-order valence-corrected chi connectivity index (χ3v) is 10.4. The molecular weight excluding hydrogens is 621 g/mol. The van der Waals surface area contributed by atoms with Crippen molar-refractivity contribution in [1.82, 2.24) is 15.0 Å². The molecule has 8 aromatic rings. The van der Waals surface area contributed by atoms with Crippen LogP contribution in [0.3, 0.4) is 0 Å². The highest BCUT2D eigenvalue weighted by Gasteiger charge is 2.51. The van der Waals surface area contributed by atoms with Gasteiger partial charge in [0.1, 0.15) is 0 Å². The second-order valence-corrected chi connectivity index (χ2v) is 13.3. The average Bonchev–Trinajstić information content (AvgIpc) is 3.50. The van der Waals surface area contributed by atoms with Crippen LogP contribution in [0.1, 0.15) is 27.8 Å². The number of para-hydroxylation sites is 2. The summed E-state index contributed by atoms with van der Waals surface area (Å²) in [5.41, 5.74) is 14.8. The van der Waals surface area contributed by atoms with Gasteiger partial charge in [0.05, 0.1) is 16.8 Å². The minimum Gasteiger partial charge on any atom is -0.310 e. The average molecular weight is 653 g/mol. The lowest BCUT2D eigenvalue weighted by Gasteiger charge is -2.45. The van der Waals surface area contributed by atoms with Gasteiger partial charge in [-0.15, -0.1) is 0 Å². The number of anilines is 3. The van der Waals surface area contributed by atoms with E-state index in [2.05, 4.69) is 127 Å². The fourth-order valence-corrected chi connectivity index (χ4v) is 8.30. The molecule has 0 saturated heterocycles. The molecule has 0 fully saturated rings. The molecule has 0 amide bonds. The largest absolute Gasteiger partial charge is 0.310 e. The van der Waals surface area contributed by atoms with Crippen molar-refractivity contribution in [3.05, 3.63) is 204 Å². The van der Waals surface area contributed by atoms with Crippen molar-refractivity contribution >= 4 is 17.1 Å². The summed E-state index contributed by atoms with van der Waals surface area (Å²) >= 11 is 0. The Bertz CT molecular complexity index is 2460. The standard InChI is InChI=1S/C47H32N4/c1-31-30-34(46-49-44(32-16-4-2-5-17-32)48-45(50-46)33-18-6-3-7-19-33)28-29-41(31)51-42-26-14-12-24-39(42)47(40-25-13-15-27-43(40)51)37-22-10-8-20-35(37)36-21-9-11-23-38(36)47/h2-30H,1H3. The fourth-order valence-electron chi connectivity index (χ4n) is 8.30. The SMILES string of the molecule is Cc1cc(-c2nc(-c3ccccc3)nc(-c3ccccc3)n2)ccc1N1c2ccccc2C2(c3ccccc3-c3ccccc32)c2ccccc21. The Morgan fingerprint density at radius 1 is 0.373 bits per heavy atom. The third kappa shape index (κ3) is 4.36. The van der Waals surface area contributed by atoms with Crippen molar-refractivity contribution in [2.45, 2.75) is 12.3 Å². The Labute approximate surface area is 297 Å². The number of hydrogen-bond acceptors (Lipinski definition) is 4. The van der Waals surface area contributed by atoms with E-state index < -0.39 is 5.41 Å². The summed E-state index contributed by atoms with van der Waals surface area (Å²) in [5.74, 6) is 1.96. The number of nitrogens with zero attached hydrogens (tertiary/aromatic N) is 4. The first-order valence-corrected chi connectivity index (χ1v) is 17.4. The molecular formula is C47H32N4. The molecule has 0 atom stereocenters. The minimum atomic E-state index is -0.433. The predicted octanol–water partition coefficient (Wildman–Crippen LogP) is 11.3. The van der Waals surface area contributed by atoms with Crippen molar-refractivity contribution in [2.75, 3.05) is 4.90 Å². The summed E-state index contributed by atoms with van der Waals surface area (Å²) in [7, 11) is 0. The molecule has 1 aliphatic heterocycles. The zero-order chi connectivity index (χ0) is 33.9. The van der Waals surface area contributed by atoms with Crippen molar-refractivity contribution in [1.29, 1.82) is 0 Å². The summed E-state index contributed by atoms with van der Waals surface area (Å²) in [5, 5.41) is 0. The van der Waals surface area contributed by atoms with Crippen LogP contribution < -0.4 is 4.90 Å². The second kappa shape index (κ2) is 11.5. The van der Waals surface area contributed by atoms with E-state index in [4.69, 9.17) is 15.0 Å². The van der Waals surface area contributed by atoms with Gasteiger partial charge in [-0.3, -0.25) is 0 Å². The molecule has 1 aromatic heterocycles. The van der Waals surface area contributed by atoms with Crippen LogP contribution in [-0.2, 0) is 5.41 Å². The Hall–Kier alpha value is -6.65. The summed E-state index contributed by atoms with van der Waals surface area (Å²) < 4.78 is 0. The Morgan fingerprint density at radius 2 is 0.784 bits per heavy atom. The smallest absolute Gasteiger partial charge is 0.164 e. The first kappa shape index (κ1) is 29.3. The highest BCUT2D eigenvalue weighted by molar-refractivity contribution is 5.96. The van der Waals surface area contributed by atoms with Crippen LogP contribution in [0.4, 0.5) is 17.1 Å². The first-order valence-electron chi connectivity index (χ1n) is 17.4. The van der Waals surface area contributed by atoms with Gasteiger partial charge in [-0.05, 0) is 76.2 Å². The molecule has 7 aromatic carbocycles. The van der Waals surface area contributed by atoms with Crippen molar-refractivity contribution in [3.8, 4) is 45.3 Å². The molecule has 0 bridgehead atoms. The van der Waals surface area contributed by atoms with Gasteiger partial charge in [-0.1, -0.05) is 146 Å². The summed E-state index contributed by atoms with van der Waals surface area (Å²) in [4.78, 5) is 17.4. The van der Waals surface area contributed by atoms with E-state index >= 15 is 0 Å². The molecule has 4 nitrogen and oxygen atoms in total. The van der Waals surface area contributed by atoms with Gasteiger partial charge in [0, 0.05) is 22.4 Å². The van der Waals surface area contributed by atoms with E-state index in [1.807, 2.05) is 60.7 Å². The lowest BCUT2D eigenvalue weighted by atomic mass is 9.64. The zero-order valence-electron chi connectivity index (χ0n) is 28.0. The molecule has 0 N–H and O–H groups in total. The minimum absolute atomic E-state index is 0.433. The Balaban J connectivity index is 1.15. The van der Waals surface area contributed by atoms with E-state index in [9.17, 15) is 0 Å².